The first-order chi connectivity index (χ1) is 19.4. The van der Waals surface area contributed by atoms with Crippen molar-refractivity contribution in [3.05, 3.63) is 67.7 Å². The number of halogens is 2. The molecule has 11 nitrogen and oxygen atoms in total. The van der Waals surface area contributed by atoms with Crippen molar-refractivity contribution in [3.63, 3.8) is 0 Å². The van der Waals surface area contributed by atoms with Gasteiger partial charge < -0.3 is 24.4 Å². The predicted octanol–water partition coefficient (Wildman–Crippen LogP) is 2.22. The van der Waals surface area contributed by atoms with Gasteiger partial charge in [-0.25, -0.2) is 18.8 Å². The topological polar surface area (TPSA) is 140 Å². The molecule has 1 N–H and O–H groups in total. The van der Waals surface area contributed by atoms with Crippen LogP contribution in [0.15, 0.2) is 56.3 Å². The molecule has 0 spiro atoms. The Kier molecular flexibility index (Phi) is 8.76. The maximum Gasteiger partial charge on any atom is 0.264 e. The third-order valence-electron chi connectivity index (χ3n) is 6.79. The Morgan fingerprint density at radius 3 is 2.54 bits per heavy atom. The van der Waals surface area contributed by atoms with Gasteiger partial charge in [0.15, 0.2) is 17.5 Å². The third kappa shape index (κ3) is 5.68. The van der Waals surface area contributed by atoms with Gasteiger partial charge in [0.25, 0.3) is 10.1 Å². The summed E-state index contributed by atoms with van der Waals surface area (Å²) in [7, 11) is -2.05. The van der Waals surface area contributed by atoms with E-state index < -0.39 is 21.5 Å². The molecule has 0 radical (unpaired) electrons. The fraction of sp³-hybridized carbons (Fsp3) is 0.333. The molecule has 0 saturated carbocycles. The highest BCUT2D eigenvalue weighted by Crippen LogP contribution is 2.48. The highest BCUT2D eigenvalue weighted by atomic mass is 127. The van der Waals surface area contributed by atoms with Crippen molar-refractivity contribution in [2.24, 2.45) is 0 Å². The second kappa shape index (κ2) is 11.8. The number of allylic oxidation sites excluding steroid dienone is 2. The number of benzene rings is 1. The molecule has 1 atom stereocenters. The van der Waals surface area contributed by atoms with E-state index in [1.54, 1.807) is 42.0 Å². The largest absolute Gasteiger partial charge is 0.489 e. The second-order valence-electron chi connectivity index (χ2n) is 9.19. The summed E-state index contributed by atoms with van der Waals surface area (Å²) >= 11 is 1.94. The fourth-order valence-corrected chi connectivity index (χ4v) is 6.12. The SMILES string of the molecule is CC[C@@]1(O)C(=C=O)OCC2=C1C=CN(CC1=C(I)C(=C=O)c3cc(F)cc(OCCOS(C)(=O)=O)c3N1C)C2=C=O. The summed E-state index contributed by atoms with van der Waals surface area (Å²) in [4.78, 5) is 38.9. The van der Waals surface area contributed by atoms with Gasteiger partial charge in [0, 0.05) is 36.0 Å². The maximum atomic E-state index is 14.6. The van der Waals surface area contributed by atoms with E-state index in [1.165, 1.54) is 6.07 Å². The number of nitrogens with zero attached hydrogens (tertiary/aromatic N) is 2. The van der Waals surface area contributed by atoms with E-state index in [2.05, 4.69) is 0 Å². The monoisotopic (exact) mass is 698 g/mol. The van der Waals surface area contributed by atoms with Crippen molar-refractivity contribution >= 4 is 61.8 Å². The van der Waals surface area contributed by atoms with E-state index in [0.717, 1.165) is 12.3 Å². The minimum absolute atomic E-state index is 0.0200. The van der Waals surface area contributed by atoms with Gasteiger partial charge in [0.05, 0.1) is 33.3 Å². The lowest BCUT2D eigenvalue weighted by atomic mass is 9.81. The Balaban J connectivity index is 1.71. The van der Waals surface area contributed by atoms with E-state index in [-0.39, 0.29) is 61.1 Å². The van der Waals surface area contributed by atoms with Gasteiger partial charge in [0.2, 0.25) is 5.76 Å². The van der Waals surface area contributed by atoms with Crippen LogP contribution in [0.2, 0.25) is 0 Å². The summed E-state index contributed by atoms with van der Waals surface area (Å²) < 4.78 is 53.3. The average molecular weight is 698 g/mol. The van der Waals surface area contributed by atoms with E-state index in [4.69, 9.17) is 13.7 Å². The Bertz CT molecular complexity index is 1660. The molecule has 0 bridgehead atoms. The van der Waals surface area contributed by atoms with Crippen molar-refractivity contribution in [1.29, 1.82) is 0 Å². The summed E-state index contributed by atoms with van der Waals surface area (Å²) in [6, 6.07) is 2.27. The van der Waals surface area contributed by atoms with Crippen LogP contribution in [-0.2, 0) is 33.4 Å². The van der Waals surface area contributed by atoms with Crippen LogP contribution in [-0.4, -0.2) is 81.5 Å². The van der Waals surface area contributed by atoms with E-state index >= 15 is 0 Å². The molecular weight excluding hydrogens is 674 g/mol. The lowest BCUT2D eigenvalue weighted by Gasteiger charge is -2.40. The first-order valence-corrected chi connectivity index (χ1v) is 15.0. The molecule has 0 aliphatic carbocycles. The zero-order chi connectivity index (χ0) is 30.1. The number of aliphatic hydroxyl groups is 1. The number of likely N-dealkylation sites (N-methyl/N-ethyl adjacent to an activating group) is 1. The Labute approximate surface area is 248 Å². The number of fused-ring (bicyclic) bond motifs is 1. The van der Waals surface area contributed by atoms with E-state index in [9.17, 15) is 32.3 Å². The minimum atomic E-state index is -3.71. The number of anilines is 1. The lowest BCUT2D eigenvalue weighted by molar-refractivity contribution is 0.0313. The van der Waals surface area contributed by atoms with Crippen LogP contribution in [0.3, 0.4) is 0 Å². The molecule has 216 valence electrons. The molecule has 14 heteroatoms. The minimum Gasteiger partial charge on any atom is -0.489 e. The molecule has 0 fully saturated rings. The number of carbonyl (C=O) groups excluding carboxylic acids is 3. The van der Waals surface area contributed by atoms with Crippen LogP contribution in [0.4, 0.5) is 10.1 Å². The van der Waals surface area contributed by atoms with Gasteiger partial charge >= 0.3 is 0 Å². The maximum absolute atomic E-state index is 14.6. The van der Waals surface area contributed by atoms with Crippen molar-refractivity contribution in [2.75, 3.05) is 44.6 Å². The second-order valence-corrected chi connectivity index (χ2v) is 11.9. The highest BCUT2D eigenvalue weighted by Gasteiger charge is 2.44. The van der Waals surface area contributed by atoms with Gasteiger partial charge in [-0.05, 0) is 41.2 Å². The van der Waals surface area contributed by atoms with Crippen LogP contribution in [0.5, 0.6) is 5.75 Å². The molecule has 3 aliphatic rings. The van der Waals surface area contributed by atoms with Crippen LogP contribution < -0.4 is 9.64 Å². The average Bonchev–Trinajstić information content (AvgIpc) is 2.92. The Morgan fingerprint density at radius 2 is 1.93 bits per heavy atom. The summed E-state index contributed by atoms with van der Waals surface area (Å²) in [5.41, 5.74) is 0.0487. The van der Waals surface area contributed by atoms with Crippen LogP contribution >= 0.6 is 22.6 Å². The molecule has 3 heterocycles. The molecule has 41 heavy (non-hydrogen) atoms. The number of ether oxygens (including phenoxy) is 2. The van der Waals surface area contributed by atoms with Crippen molar-refractivity contribution < 1.29 is 46.0 Å². The zero-order valence-electron chi connectivity index (χ0n) is 22.1. The summed E-state index contributed by atoms with van der Waals surface area (Å²) in [5.74, 6) is 4.46. The molecule has 0 saturated heterocycles. The molecule has 1 aromatic carbocycles. The molecule has 0 unspecified atom stereocenters. The molecule has 4 rings (SSSR count). The third-order valence-corrected chi connectivity index (χ3v) is 8.54. The Morgan fingerprint density at radius 1 is 1.20 bits per heavy atom. The molecule has 0 amide bonds. The zero-order valence-corrected chi connectivity index (χ0v) is 25.1. The quantitative estimate of drug-likeness (QED) is 0.185. The smallest absolute Gasteiger partial charge is 0.264 e. The number of hydrogen-bond acceptors (Lipinski definition) is 11. The van der Waals surface area contributed by atoms with Gasteiger partial charge in [-0.15, -0.1) is 0 Å². The Hall–Kier alpha value is -3.48. The van der Waals surface area contributed by atoms with Gasteiger partial charge in [-0.3, -0.25) is 4.18 Å². The first kappa shape index (κ1) is 30.5. The van der Waals surface area contributed by atoms with Gasteiger partial charge in [-0.1, -0.05) is 6.92 Å². The first-order valence-electron chi connectivity index (χ1n) is 12.1. The summed E-state index contributed by atoms with van der Waals surface area (Å²) in [6.45, 7) is 0.961. The molecule has 3 aliphatic heterocycles. The van der Waals surface area contributed by atoms with Crippen LogP contribution in [0.25, 0.3) is 5.57 Å². The molecule has 1 aromatic rings. The normalized spacial score (nSPS) is 20.3. The van der Waals surface area contributed by atoms with Gasteiger partial charge in [0.1, 0.15) is 43.0 Å². The van der Waals surface area contributed by atoms with Crippen LogP contribution in [0.1, 0.15) is 18.9 Å². The van der Waals surface area contributed by atoms with Crippen molar-refractivity contribution in [3.8, 4) is 5.75 Å². The number of hydrogen-bond donors (Lipinski definition) is 1. The molecular formula is C27H24FIN2O9S. The lowest BCUT2D eigenvalue weighted by Crippen LogP contribution is -2.42. The predicted molar refractivity (Wildman–Crippen MR) is 154 cm³/mol. The summed E-state index contributed by atoms with van der Waals surface area (Å²) in [6.07, 6.45) is 4.10. The summed E-state index contributed by atoms with van der Waals surface area (Å²) in [5, 5.41) is 11.2. The fourth-order valence-electron chi connectivity index (χ4n) is 4.82. The van der Waals surface area contributed by atoms with Crippen LogP contribution in [0, 0.1) is 5.82 Å². The standard InChI is InChI=1S/C27H24FIN2O9S/c1-4-27(35)20-5-6-31(22(13-33)19(20)15-39-24(27)14-34)11-21-25(29)18(12-32)17-9-16(28)10-23(26(17)30(21)2)38-7-8-40-41(3,36)37/h5-6,9-10,35H,4,7-8,11,15H2,1-3H3/t27-/m0/s1. The van der Waals surface area contributed by atoms with Gasteiger partial charge in [-0.2, -0.15) is 8.42 Å². The van der Waals surface area contributed by atoms with Crippen molar-refractivity contribution in [1.82, 2.24) is 4.90 Å². The number of rotatable bonds is 8. The highest BCUT2D eigenvalue weighted by molar-refractivity contribution is 14.1. The molecule has 0 aromatic heterocycles. The van der Waals surface area contributed by atoms with Crippen molar-refractivity contribution in [2.45, 2.75) is 18.9 Å². The van der Waals surface area contributed by atoms with E-state index in [1.807, 2.05) is 34.5 Å². The van der Waals surface area contributed by atoms with E-state index in [0.29, 0.717) is 26.1 Å².